The van der Waals surface area contributed by atoms with Gasteiger partial charge < -0.3 is 16.0 Å². The van der Waals surface area contributed by atoms with Crippen LogP contribution in [-0.4, -0.2) is 37.1 Å². The molecule has 7 heteroatoms. The Morgan fingerprint density at radius 3 is 2.67 bits per heavy atom. The number of benzene rings is 1. The van der Waals surface area contributed by atoms with Gasteiger partial charge in [-0.15, -0.1) is 0 Å². The Bertz CT molecular complexity index is 507. The van der Waals surface area contributed by atoms with E-state index in [9.17, 15) is 13.2 Å². The molecule has 1 aromatic carbocycles. The fraction of sp³-hybridized carbons (Fsp3) is 0.571. The number of rotatable bonds is 3. The second-order valence-electron chi connectivity index (χ2n) is 5.68. The van der Waals surface area contributed by atoms with E-state index in [1.54, 1.807) is 0 Å². The van der Waals surface area contributed by atoms with Crippen molar-refractivity contribution in [1.82, 2.24) is 4.90 Å². The molecular formula is C14H19ClF3N3. The number of halogens is 4. The van der Waals surface area contributed by atoms with Crippen LogP contribution in [0.2, 0.25) is 5.02 Å². The smallest absolute Gasteiger partial charge is 0.377 e. The molecular weight excluding hydrogens is 303 g/mol. The molecule has 0 amide bonds. The van der Waals surface area contributed by atoms with Crippen molar-refractivity contribution in [2.45, 2.75) is 24.6 Å². The van der Waals surface area contributed by atoms with Gasteiger partial charge in [-0.2, -0.15) is 13.2 Å². The first-order valence-corrected chi connectivity index (χ1v) is 7.16. The molecule has 1 aliphatic rings. The minimum Gasteiger partial charge on any atom is -0.377 e. The maximum Gasteiger partial charge on any atom is 0.416 e. The molecule has 0 spiro atoms. The molecule has 1 saturated heterocycles. The fourth-order valence-electron chi connectivity index (χ4n) is 2.81. The van der Waals surface area contributed by atoms with Crippen LogP contribution >= 0.6 is 11.6 Å². The Morgan fingerprint density at radius 1 is 1.38 bits per heavy atom. The molecule has 1 aromatic rings. The monoisotopic (exact) mass is 321 g/mol. The lowest BCUT2D eigenvalue weighted by molar-refractivity contribution is -0.137. The Kier molecular flexibility index (Phi) is 4.70. The number of hydrogen-bond donors (Lipinski definition) is 2. The molecule has 21 heavy (non-hydrogen) atoms. The molecule has 0 radical (unpaired) electrons. The van der Waals surface area contributed by atoms with Gasteiger partial charge in [-0.25, -0.2) is 0 Å². The van der Waals surface area contributed by atoms with Crippen LogP contribution in [0.4, 0.5) is 18.9 Å². The molecule has 118 valence electrons. The zero-order valence-electron chi connectivity index (χ0n) is 11.8. The highest BCUT2D eigenvalue weighted by molar-refractivity contribution is 6.30. The van der Waals surface area contributed by atoms with E-state index in [1.807, 2.05) is 7.05 Å². The van der Waals surface area contributed by atoms with Gasteiger partial charge in [-0.1, -0.05) is 11.6 Å². The summed E-state index contributed by atoms with van der Waals surface area (Å²) in [5, 5.41) is 3.24. The van der Waals surface area contributed by atoms with Crippen LogP contribution in [0.5, 0.6) is 0 Å². The highest BCUT2D eigenvalue weighted by Crippen LogP contribution is 2.34. The van der Waals surface area contributed by atoms with Crippen molar-refractivity contribution in [2.75, 3.05) is 32.0 Å². The molecule has 0 aromatic heterocycles. The first-order valence-electron chi connectivity index (χ1n) is 6.79. The van der Waals surface area contributed by atoms with E-state index in [0.29, 0.717) is 18.8 Å². The summed E-state index contributed by atoms with van der Waals surface area (Å²) >= 11 is 5.81. The van der Waals surface area contributed by atoms with Crippen molar-refractivity contribution in [2.24, 2.45) is 5.73 Å². The lowest BCUT2D eigenvalue weighted by Crippen LogP contribution is -2.56. The first kappa shape index (κ1) is 16.4. The summed E-state index contributed by atoms with van der Waals surface area (Å²) in [6.07, 6.45) is -2.64. The zero-order valence-corrected chi connectivity index (χ0v) is 12.6. The van der Waals surface area contributed by atoms with E-state index < -0.39 is 17.3 Å². The predicted octanol–water partition coefficient (Wildman–Crippen LogP) is 3.19. The molecule has 0 saturated carbocycles. The van der Waals surface area contributed by atoms with Crippen molar-refractivity contribution >= 4 is 17.3 Å². The van der Waals surface area contributed by atoms with Crippen LogP contribution < -0.4 is 11.1 Å². The molecule has 1 heterocycles. The maximum absolute atomic E-state index is 12.8. The van der Waals surface area contributed by atoms with Gasteiger partial charge in [0.25, 0.3) is 0 Å². The molecule has 1 unspecified atom stereocenters. The molecule has 2 rings (SSSR count). The lowest BCUT2D eigenvalue weighted by Gasteiger charge is -2.42. The van der Waals surface area contributed by atoms with Gasteiger partial charge in [0.15, 0.2) is 0 Å². The SMILES string of the molecule is CN1CCCC(CN)(Nc2cc(Cl)cc(C(F)(F)F)c2)C1. The summed E-state index contributed by atoms with van der Waals surface area (Å²) in [5.41, 5.74) is 5.05. The van der Waals surface area contributed by atoms with Gasteiger partial charge in [-0.05, 0) is 44.6 Å². The van der Waals surface area contributed by atoms with Gasteiger partial charge in [-0.3, -0.25) is 0 Å². The van der Waals surface area contributed by atoms with Crippen LogP contribution in [0.3, 0.4) is 0 Å². The van der Waals surface area contributed by atoms with E-state index in [2.05, 4.69) is 10.2 Å². The number of nitrogens with two attached hydrogens (primary N) is 1. The summed E-state index contributed by atoms with van der Waals surface area (Å²) < 4.78 is 38.5. The number of likely N-dealkylation sites (tertiary alicyclic amines) is 1. The largest absolute Gasteiger partial charge is 0.416 e. The summed E-state index contributed by atoms with van der Waals surface area (Å²) in [6, 6.07) is 3.51. The van der Waals surface area contributed by atoms with E-state index in [-0.39, 0.29) is 5.02 Å². The Balaban J connectivity index is 2.27. The Labute approximate surface area is 127 Å². The minimum atomic E-state index is -4.42. The Morgan fingerprint density at radius 2 is 2.10 bits per heavy atom. The third-order valence-corrected chi connectivity index (χ3v) is 4.01. The van der Waals surface area contributed by atoms with Gasteiger partial charge in [0, 0.05) is 23.8 Å². The van der Waals surface area contributed by atoms with E-state index in [1.165, 1.54) is 6.07 Å². The second kappa shape index (κ2) is 6.02. The number of anilines is 1. The zero-order chi connectivity index (χ0) is 15.7. The second-order valence-corrected chi connectivity index (χ2v) is 6.11. The highest BCUT2D eigenvalue weighted by atomic mass is 35.5. The molecule has 1 atom stereocenters. The predicted molar refractivity (Wildman–Crippen MR) is 78.6 cm³/mol. The van der Waals surface area contributed by atoms with Crippen molar-refractivity contribution in [3.05, 3.63) is 28.8 Å². The third-order valence-electron chi connectivity index (χ3n) is 3.79. The van der Waals surface area contributed by atoms with E-state index in [4.69, 9.17) is 17.3 Å². The number of piperidine rings is 1. The summed E-state index contributed by atoms with van der Waals surface area (Å²) in [7, 11) is 1.98. The molecule has 3 nitrogen and oxygen atoms in total. The number of nitrogens with one attached hydrogen (secondary N) is 1. The van der Waals surface area contributed by atoms with E-state index in [0.717, 1.165) is 31.5 Å². The fourth-order valence-corrected chi connectivity index (χ4v) is 3.05. The molecule has 0 aliphatic carbocycles. The summed E-state index contributed by atoms with van der Waals surface area (Å²) in [4.78, 5) is 2.12. The van der Waals surface area contributed by atoms with Gasteiger partial charge in [0.1, 0.15) is 0 Å². The quantitative estimate of drug-likeness (QED) is 0.898. The normalized spacial score (nSPS) is 24.1. The van der Waals surface area contributed by atoms with Gasteiger partial charge >= 0.3 is 6.18 Å². The van der Waals surface area contributed by atoms with Crippen molar-refractivity contribution in [3.8, 4) is 0 Å². The number of nitrogens with zero attached hydrogens (tertiary/aromatic N) is 1. The van der Waals surface area contributed by atoms with Crippen LogP contribution in [0.25, 0.3) is 0 Å². The van der Waals surface area contributed by atoms with Gasteiger partial charge in [0.2, 0.25) is 0 Å². The van der Waals surface area contributed by atoms with Crippen LogP contribution in [0, 0.1) is 0 Å². The number of hydrogen-bond acceptors (Lipinski definition) is 3. The Hall–Kier alpha value is -0.980. The highest BCUT2D eigenvalue weighted by Gasteiger charge is 2.35. The average molecular weight is 322 g/mol. The van der Waals surface area contributed by atoms with Crippen molar-refractivity contribution in [3.63, 3.8) is 0 Å². The molecule has 3 N–H and O–H groups in total. The summed E-state index contributed by atoms with van der Waals surface area (Å²) in [5.74, 6) is 0. The van der Waals surface area contributed by atoms with Gasteiger partial charge in [0.05, 0.1) is 11.1 Å². The van der Waals surface area contributed by atoms with Crippen molar-refractivity contribution < 1.29 is 13.2 Å². The van der Waals surface area contributed by atoms with Crippen molar-refractivity contribution in [1.29, 1.82) is 0 Å². The number of likely N-dealkylation sites (N-methyl/N-ethyl adjacent to an activating group) is 1. The third kappa shape index (κ3) is 4.02. The minimum absolute atomic E-state index is 0.0589. The summed E-state index contributed by atoms with van der Waals surface area (Å²) in [6.45, 7) is 2.01. The number of alkyl halides is 3. The van der Waals surface area contributed by atoms with Crippen LogP contribution in [-0.2, 0) is 6.18 Å². The van der Waals surface area contributed by atoms with Crippen LogP contribution in [0.1, 0.15) is 18.4 Å². The standard InChI is InChI=1S/C14H19ClF3N3/c1-21-4-2-3-13(8-19,9-21)20-12-6-10(14(16,17)18)5-11(15)7-12/h5-7,20H,2-4,8-9,19H2,1H3. The topological polar surface area (TPSA) is 41.3 Å². The van der Waals surface area contributed by atoms with Crippen LogP contribution in [0.15, 0.2) is 18.2 Å². The van der Waals surface area contributed by atoms with E-state index >= 15 is 0 Å². The molecule has 1 aliphatic heterocycles. The molecule has 0 bridgehead atoms. The average Bonchev–Trinajstić information content (AvgIpc) is 2.37. The molecule has 1 fully saturated rings. The lowest BCUT2D eigenvalue weighted by atomic mass is 9.89. The maximum atomic E-state index is 12.8. The first-order chi connectivity index (χ1) is 9.74.